The van der Waals surface area contributed by atoms with Crippen LogP contribution < -0.4 is 4.74 Å². The molecule has 0 unspecified atom stereocenters. The number of halogens is 1. The zero-order valence-electron chi connectivity index (χ0n) is 11.6. The molecule has 0 fully saturated rings. The Balaban J connectivity index is 1.72. The van der Waals surface area contributed by atoms with Gasteiger partial charge in [-0.25, -0.2) is 4.98 Å². The summed E-state index contributed by atoms with van der Waals surface area (Å²) in [4.78, 5) is 15.8. The number of aromatic amines is 1. The Hall–Kier alpha value is -3.06. The molecule has 2 heterocycles. The zero-order valence-corrected chi connectivity index (χ0v) is 12.3. The highest BCUT2D eigenvalue weighted by atomic mass is 35.5. The van der Waals surface area contributed by atoms with Gasteiger partial charge >= 0.3 is 0 Å². The number of carbonyl (C=O) groups is 1. The van der Waals surface area contributed by atoms with E-state index in [0.717, 1.165) is 6.08 Å². The predicted molar refractivity (Wildman–Crippen MR) is 81.6 cm³/mol. The van der Waals surface area contributed by atoms with Crippen LogP contribution in [0.5, 0.6) is 11.7 Å². The molecule has 23 heavy (non-hydrogen) atoms. The lowest BCUT2D eigenvalue weighted by Crippen LogP contribution is -1.95. The first kappa shape index (κ1) is 14.9. The summed E-state index contributed by atoms with van der Waals surface area (Å²) in [6, 6.07) is 8.09. The van der Waals surface area contributed by atoms with Crippen LogP contribution in [0.15, 0.2) is 53.4 Å². The molecule has 116 valence electrons. The van der Waals surface area contributed by atoms with Gasteiger partial charge in [-0.2, -0.15) is 5.10 Å². The van der Waals surface area contributed by atoms with Gasteiger partial charge in [0.2, 0.25) is 5.82 Å². The maximum Gasteiger partial charge on any atom is 0.290 e. The molecule has 2 aromatic heterocycles. The van der Waals surface area contributed by atoms with Crippen LogP contribution in [-0.2, 0) is 0 Å². The number of carbonyl (C=O) groups excluding carboxylic acids is 1. The standard InChI is InChI=1S/C15H10ClN3O4/c16-10-1-3-11(4-2-10)23-14-5-9(7-22-14)12(20)6-13(21)15-17-8-18-19-15/h1-8,21H,(H,17,18,19). The van der Waals surface area contributed by atoms with Gasteiger partial charge in [-0.3, -0.25) is 9.89 Å². The van der Waals surface area contributed by atoms with Crippen LogP contribution in [0.3, 0.4) is 0 Å². The third-order valence-electron chi connectivity index (χ3n) is 2.80. The minimum atomic E-state index is -0.470. The Morgan fingerprint density at radius 2 is 2.13 bits per heavy atom. The van der Waals surface area contributed by atoms with Crippen molar-refractivity contribution in [3.8, 4) is 11.7 Å². The predicted octanol–water partition coefficient (Wildman–Crippen LogP) is 3.63. The minimum Gasteiger partial charge on any atom is -0.504 e. The van der Waals surface area contributed by atoms with Crippen molar-refractivity contribution in [3.63, 3.8) is 0 Å². The highest BCUT2D eigenvalue weighted by Gasteiger charge is 2.13. The number of hydrogen-bond acceptors (Lipinski definition) is 6. The van der Waals surface area contributed by atoms with Gasteiger partial charge in [0.05, 0.1) is 5.56 Å². The van der Waals surface area contributed by atoms with Crippen molar-refractivity contribution in [2.75, 3.05) is 0 Å². The molecule has 8 heteroatoms. The number of benzene rings is 1. The first-order valence-corrected chi connectivity index (χ1v) is 6.83. The molecule has 0 spiro atoms. The summed E-state index contributed by atoms with van der Waals surface area (Å²) in [6.07, 6.45) is 3.52. The average molecular weight is 332 g/mol. The van der Waals surface area contributed by atoms with E-state index in [9.17, 15) is 9.90 Å². The van der Waals surface area contributed by atoms with Crippen molar-refractivity contribution in [3.05, 3.63) is 65.4 Å². The van der Waals surface area contributed by atoms with Crippen LogP contribution in [0.25, 0.3) is 5.76 Å². The smallest absolute Gasteiger partial charge is 0.290 e. The first-order valence-electron chi connectivity index (χ1n) is 6.45. The van der Waals surface area contributed by atoms with Crippen LogP contribution in [0, 0.1) is 0 Å². The van der Waals surface area contributed by atoms with Gasteiger partial charge in [-0.15, -0.1) is 0 Å². The average Bonchev–Trinajstić information content (AvgIpc) is 3.21. The number of aliphatic hydroxyl groups is 1. The SMILES string of the molecule is O=C(C=C(O)c1nc[nH]n1)c1coc(Oc2ccc(Cl)cc2)c1. The van der Waals surface area contributed by atoms with E-state index in [2.05, 4.69) is 15.2 Å². The van der Waals surface area contributed by atoms with Gasteiger partial charge in [0.25, 0.3) is 5.95 Å². The Kier molecular flexibility index (Phi) is 4.11. The maximum atomic E-state index is 12.0. The highest BCUT2D eigenvalue weighted by Crippen LogP contribution is 2.25. The molecule has 1 aromatic carbocycles. The van der Waals surface area contributed by atoms with Crippen molar-refractivity contribution >= 4 is 23.1 Å². The summed E-state index contributed by atoms with van der Waals surface area (Å²) in [5, 5.41) is 16.4. The molecule has 0 radical (unpaired) electrons. The number of hydrogen-bond donors (Lipinski definition) is 2. The fourth-order valence-corrected chi connectivity index (χ4v) is 1.85. The second-order valence-electron chi connectivity index (χ2n) is 4.43. The van der Waals surface area contributed by atoms with Gasteiger partial charge in [0.1, 0.15) is 18.3 Å². The molecule has 0 aliphatic carbocycles. The Morgan fingerprint density at radius 1 is 1.35 bits per heavy atom. The van der Waals surface area contributed by atoms with E-state index >= 15 is 0 Å². The molecule has 0 amide bonds. The number of rotatable bonds is 5. The minimum absolute atomic E-state index is 0.0273. The molecule has 0 saturated heterocycles. The second-order valence-corrected chi connectivity index (χ2v) is 4.86. The number of allylic oxidation sites excluding steroid dienone is 1. The van der Waals surface area contributed by atoms with Crippen molar-refractivity contribution < 1.29 is 19.1 Å². The maximum absolute atomic E-state index is 12.0. The zero-order chi connectivity index (χ0) is 16.2. The monoisotopic (exact) mass is 331 g/mol. The number of ether oxygens (including phenoxy) is 1. The van der Waals surface area contributed by atoms with E-state index in [1.165, 1.54) is 18.7 Å². The normalized spacial score (nSPS) is 11.4. The van der Waals surface area contributed by atoms with E-state index in [0.29, 0.717) is 10.8 Å². The Labute approximate surface area is 135 Å². The molecule has 3 rings (SSSR count). The van der Waals surface area contributed by atoms with Gasteiger partial charge in [0, 0.05) is 17.2 Å². The summed E-state index contributed by atoms with van der Waals surface area (Å²) in [5.41, 5.74) is 0.219. The molecule has 0 bridgehead atoms. The van der Waals surface area contributed by atoms with E-state index in [1.54, 1.807) is 24.3 Å². The Morgan fingerprint density at radius 3 is 2.83 bits per heavy atom. The molecular weight excluding hydrogens is 322 g/mol. The number of H-pyrrole nitrogens is 1. The quantitative estimate of drug-likeness (QED) is 0.420. The number of furan rings is 1. The summed E-state index contributed by atoms with van der Waals surface area (Å²) >= 11 is 5.78. The van der Waals surface area contributed by atoms with Crippen LogP contribution in [0.4, 0.5) is 0 Å². The van der Waals surface area contributed by atoms with Crippen LogP contribution >= 0.6 is 11.6 Å². The fraction of sp³-hybridized carbons (Fsp3) is 0. The summed E-state index contributed by atoms with van der Waals surface area (Å²) in [6.45, 7) is 0. The third-order valence-corrected chi connectivity index (χ3v) is 3.06. The van der Waals surface area contributed by atoms with Crippen LogP contribution in [0.2, 0.25) is 5.02 Å². The number of aliphatic hydroxyl groups excluding tert-OH is 1. The van der Waals surface area contributed by atoms with Crippen LogP contribution in [-0.4, -0.2) is 26.1 Å². The second kappa shape index (κ2) is 6.37. The van der Waals surface area contributed by atoms with Crippen molar-refractivity contribution in [1.82, 2.24) is 15.2 Å². The summed E-state index contributed by atoms with van der Waals surface area (Å²) in [7, 11) is 0. The van der Waals surface area contributed by atoms with Gasteiger partial charge in [-0.1, -0.05) is 11.6 Å². The van der Waals surface area contributed by atoms with E-state index in [-0.39, 0.29) is 23.1 Å². The van der Waals surface area contributed by atoms with E-state index in [1.807, 2.05) is 0 Å². The molecule has 0 aliphatic heterocycles. The van der Waals surface area contributed by atoms with Crippen molar-refractivity contribution in [2.24, 2.45) is 0 Å². The van der Waals surface area contributed by atoms with Crippen LogP contribution in [0.1, 0.15) is 16.2 Å². The number of aromatic nitrogens is 3. The van der Waals surface area contributed by atoms with E-state index in [4.69, 9.17) is 20.8 Å². The summed E-state index contributed by atoms with van der Waals surface area (Å²) < 4.78 is 10.6. The lowest BCUT2D eigenvalue weighted by molar-refractivity contribution is 0.104. The number of nitrogens with one attached hydrogen (secondary N) is 1. The number of nitrogens with zero attached hydrogens (tertiary/aromatic N) is 2. The topological polar surface area (TPSA) is 101 Å². The van der Waals surface area contributed by atoms with Crippen molar-refractivity contribution in [2.45, 2.75) is 0 Å². The number of ketones is 1. The first-order chi connectivity index (χ1) is 11.1. The lowest BCUT2D eigenvalue weighted by Gasteiger charge is -2.00. The lowest BCUT2D eigenvalue weighted by atomic mass is 10.2. The molecule has 7 nitrogen and oxygen atoms in total. The van der Waals surface area contributed by atoms with Crippen molar-refractivity contribution in [1.29, 1.82) is 0 Å². The molecule has 3 aromatic rings. The largest absolute Gasteiger partial charge is 0.504 e. The molecule has 0 atom stereocenters. The van der Waals surface area contributed by atoms with Gasteiger partial charge < -0.3 is 14.3 Å². The molecule has 0 aliphatic rings. The summed E-state index contributed by atoms with van der Waals surface area (Å²) in [5.74, 6) is -0.137. The van der Waals surface area contributed by atoms with Gasteiger partial charge in [0.15, 0.2) is 11.5 Å². The third kappa shape index (κ3) is 3.58. The fourth-order valence-electron chi connectivity index (χ4n) is 1.72. The highest BCUT2D eigenvalue weighted by molar-refractivity contribution is 6.30. The Bertz CT molecular complexity index is 838. The molecular formula is C15H10ClN3O4. The van der Waals surface area contributed by atoms with Gasteiger partial charge in [-0.05, 0) is 24.3 Å². The molecule has 2 N–H and O–H groups in total. The van der Waals surface area contributed by atoms with E-state index < -0.39 is 5.78 Å². The molecule has 0 saturated carbocycles.